The topological polar surface area (TPSA) is 29.1 Å². The lowest BCUT2D eigenvalue weighted by Gasteiger charge is -2.08. The molecule has 1 rings (SSSR count). The van der Waals surface area contributed by atoms with Gasteiger partial charge in [0.2, 0.25) is 5.91 Å². The summed E-state index contributed by atoms with van der Waals surface area (Å²) in [4.78, 5) is 11.1. The van der Waals surface area contributed by atoms with Gasteiger partial charge in [-0.15, -0.1) is 0 Å². The highest BCUT2D eigenvalue weighted by molar-refractivity contribution is 9.10. The molecule has 1 amide bonds. The predicted molar refractivity (Wildman–Crippen MR) is 63.1 cm³/mol. The van der Waals surface area contributed by atoms with E-state index in [-0.39, 0.29) is 5.91 Å². The fourth-order valence-corrected chi connectivity index (χ4v) is 2.19. The monoisotopic (exact) mass is 295 g/mol. The van der Waals surface area contributed by atoms with Crippen LogP contribution >= 0.6 is 39.1 Å². The van der Waals surface area contributed by atoms with Crippen LogP contribution in [-0.4, -0.2) is 5.91 Å². The Hall–Kier alpha value is -0.250. The Kier molecular flexibility index (Phi) is 4.23. The van der Waals surface area contributed by atoms with Crippen LogP contribution in [0.4, 0.5) is 5.69 Å². The van der Waals surface area contributed by atoms with Gasteiger partial charge >= 0.3 is 0 Å². The zero-order chi connectivity index (χ0) is 10.7. The Bertz CT molecular complexity index is 345. The zero-order valence-corrected chi connectivity index (χ0v) is 10.5. The van der Waals surface area contributed by atoms with Crippen molar-refractivity contribution in [3.8, 4) is 0 Å². The summed E-state index contributed by atoms with van der Waals surface area (Å²) in [6, 6.07) is 3.36. The molecule has 76 valence electrons. The molecule has 0 radical (unpaired) electrons. The third kappa shape index (κ3) is 2.87. The highest BCUT2D eigenvalue weighted by Crippen LogP contribution is 2.33. The number of hydrogen-bond donors (Lipinski definition) is 1. The molecule has 0 aromatic heterocycles. The van der Waals surface area contributed by atoms with Crippen molar-refractivity contribution in [3.05, 3.63) is 26.7 Å². The molecular weight excluding hydrogens is 289 g/mol. The molecule has 2 nitrogen and oxygen atoms in total. The van der Waals surface area contributed by atoms with Gasteiger partial charge in [0, 0.05) is 10.9 Å². The van der Waals surface area contributed by atoms with Crippen molar-refractivity contribution in [2.75, 3.05) is 5.32 Å². The Morgan fingerprint density at radius 2 is 1.93 bits per heavy atom. The minimum atomic E-state index is -0.115. The molecule has 0 aliphatic carbocycles. The number of halogens is 3. The van der Waals surface area contributed by atoms with Crippen LogP contribution in [0, 0.1) is 0 Å². The lowest BCUT2D eigenvalue weighted by Crippen LogP contribution is -2.10. The average molecular weight is 297 g/mol. The normalized spacial score (nSPS) is 10.0. The lowest BCUT2D eigenvalue weighted by molar-refractivity contribution is -0.115. The molecule has 1 N–H and O–H groups in total. The minimum absolute atomic E-state index is 0.115. The van der Waals surface area contributed by atoms with Gasteiger partial charge < -0.3 is 5.32 Å². The number of rotatable bonds is 2. The molecule has 0 saturated heterocycles. The highest BCUT2D eigenvalue weighted by Gasteiger charge is 2.09. The molecular formula is C9H8BrCl2NO. The molecule has 0 aliphatic rings. The van der Waals surface area contributed by atoms with Crippen LogP contribution in [0.1, 0.15) is 13.3 Å². The number of hydrogen-bond acceptors (Lipinski definition) is 1. The molecule has 0 unspecified atom stereocenters. The van der Waals surface area contributed by atoms with E-state index in [1.165, 1.54) is 0 Å². The lowest BCUT2D eigenvalue weighted by atomic mass is 10.3. The molecule has 0 atom stereocenters. The highest BCUT2D eigenvalue weighted by atomic mass is 79.9. The largest absolute Gasteiger partial charge is 0.324 e. The summed E-state index contributed by atoms with van der Waals surface area (Å²) in [7, 11) is 0. The molecule has 0 fully saturated rings. The first-order valence-corrected chi connectivity index (χ1v) is 5.54. The fraction of sp³-hybridized carbons (Fsp3) is 0.222. The molecule has 0 saturated carbocycles. The molecule has 0 spiro atoms. The van der Waals surface area contributed by atoms with Crippen molar-refractivity contribution >= 4 is 50.7 Å². The number of carbonyl (C=O) groups excluding carboxylic acids is 1. The van der Waals surface area contributed by atoms with Crippen molar-refractivity contribution in [3.63, 3.8) is 0 Å². The first-order valence-electron chi connectivity index (χ1n) is 3.99. The summed E-state index contributed by atoms with van der Waals surface area (Å²) in [6.45, 7) is 1.76. The van der Waals surface area contributed by atoms with Crippen molar-refractivity contribution in [1.82, 2.24) is 0 Å². The molecule has 0 bridgehead atoms. The van der Waals surface area contributed by atoms with E-state index in [0.717, 1.165) is 4.47 Å². The van der Waals surface area contributed by atoms with E-state index >= 15 is 0 Å². The van der Waals surface area contributed by atoms with E-state index < -0.39 is 0 Å². The zero-order valence-electron chi connectivity index (χ0n) is 7.40. The van der Waals surface area contributed by atoms with Crippen LogP contribution in [0.5, 0.6) is 0 Å². The van der Waals surface area contributed by atoms with E-state index in [1.807, 2.05) is 0 Å². The van der Waals surface area contributed by atoms with E-state index in [9.17, 15) is 4.79 Å². The van der Waals surface area contributed by atoms with Gasteiger partial charge in [-0.1, -0.05) is 46.1 Å². The molecule has 14 heavy (non-hydrogen) atoms. The van der Waals surface area contributed by atoms with Gasteiger partial charge in [0.1, 0.15) is 0 Å². The van der Waals surface area contributed by atoms with Gasteiger partial charge in [-0.25, -0.2) is 0 Å². The standard InChI is InChI=1S/C9H8BrCl2NO/c1-2-8(14)13-9-6(11)3-5(10)4-7(9)12/h3-4H,2H2,1H3,(H,13,14). The van der Waals surface area contributed by atoms with Crippen LogP contribution < -0.4 is 5.32 Å². The van der Waals surface area contributed by atoms with Crippen molar-refractivity contribution in [2.45, 2.75) is 13.3 Å². The predicted octanol–water partition coefficient (Wildman–Crippen LogP) is 4.10. The number of benzene rings is 1. The fourth-order valence-electron chi connectivity index (χ4n) is 0.889. The van der Waals surface area contributed by atoms with E-state index in [1.54, 1.807) is 19.1 Å². The van der Waals surface area contributed by atoms with Crippen molar-refractivity contribution in [1.29, 1.82) is 0 Å². The van der Waals surface area contributed by atoms with Gasteiger partial charge in [-0.2, -0.15) is 0 Å². The van der Waals surface area contributed by atoms with Gasteiger partial charge in [0.25, 0.3) is 0 Å². The van der Waals surface area contributed by atoms with Gasteiger partial charge in [0.15, 0.2) is 0 Å². The maximum absolute atomic E-state index is 11.1. The Balaban J connectivity index is 3.02. The Labute approximate surface area is 101 Å². The molecule has 1 aromatic carbocycles. The second kappa shape index (κ2) is 5.01. The maximum Gasteiger partial charge on any atom is 0.224 e. The number of amides is 1. The minimum Gasteiger partial charge on any atom is -0.324 e. The van der Waals surface area contributed by atoms with Crippen LogP contribution in [0.25, 0.3) is 0 Å². The van der Waals surface area contributed by atoms with Crippen LogP contribution in [0.2, 0.25) is 10.0 Å². The van der Waals surface area contributed by atoms with E-state index in [4.69, 9.17) is 23.2 Å². The summed E-state index contributed by atoms with van der Waals surface area (Å²) >= 11 is 15.1. The van der Waals surface area contributed by atoms with Gasteiger partial charge in [-0.3, -0.25) is 4.79 Å². The molecule has 1 aromatic rings. The van der Waals surface area contributed by atoms with E-state index in [0.29, 0.717) is 22.2 Å². The van der Waals surface area contributed by atoms with Crippen LogP contribution in [0.3, 0.4) is 0 Å². The first kappa shape index (κ1) is 11.8. The van der Waals surface area contributed by atoms with E-state index in [2.05, 4.69) is 21.2 Å². The Morgan fingerprint density at radius 1 is 1.43 bits per heavy atom. The Morgan fingerprint density at radius 3 is 2.36 bits per heavy atom. The van der Waals surface area contributed by atoms with Crippen LogP contribution in [0.15, 0.2) is 16.6 Å². The summed E-state index contributed by atoms with van der Waals surface area (Å²) < 4.78 is 0.780. The quantitative estimate of drug-likeness (QED) is 0.874. The van der Waals surface area contributed by atoms with Crippen LogP contribution in [-0.2, 0) is 4.79 Å². The van der Waals surface area contributed by atoms with Gasteiger partial charge in [-0.05, 0) is 12.1 Å². The summed E-state index contributed by atoms with van der Waals surface area (Å²) in [5, 5.41) is 3.48. The number of anilines is 1. The summed E-state index contributed by atoms with van der Waals surface area (Å²) in [6.07, 6.45) is 0.392. The number of nitrogens with one attached hydrogen (secondary N) is 1. The third-order valence-electron chi connectivity index (χ3n) is 1.59. The molecule has 0 heterocycles. The number of carbonyl (C=O) groups is 1. The first-order chi connectivity index (χ1) is 6.54. The summed E-state index contributed by atoms with van der Waals surface area (Å²) in [5.41, 5.74) is 0.461. The van der Waals surface area contributed by atoms with Crippen molar-refractivity contribution in [2.24, 2.45) is 0 Å². The van der Waals surface area contributed by atoms with Gasteiger partial charge in [0.05, 0.1) is 15.7 Å². The summed E-state index contributed by atoms with van der Waals surface area (Å²) in [5.74, 6) is -0.115. The average Bonchev–Trinajstić information content (AvgIpc) is 2.10. The smallest absolute Gasteiger partial charge is 0.224 e. The second-order valence-electron chi connectivity index (χ2n) is 2.65. The SMILES string of the molecule is CCC(=O)Nc1c(Cl)cc(Br)cc1Cl. The molecule has 5 heteroatoms. The third-order valence-corrected chi connectivity index (χ3v) is 2.65. The maximum atomic E-state index is 11.1. The molecule has 0 aliphatic heterocycles. The second-order valence-corrected chi connectivity index (χ2v) is 4.38. The van der Waals surface area contributed by atoms with Crippen molar-refractivity contribution < 1.29 is 4.79 Å².